The van der Waals surface area contributed by atoms with Crippen molar-refractivity contribution in [2.24, 2.45) is 0 Å². The Morgan fingerprint density at radius 2 is 1.84 bits per heavy atom. The van der Waals surface area contributed by atoms with Gasteiger partial charge < -0.3 is 9.30 Å². The molecule has 0 amide bonds. The van der Waals surface area contributed by atoms with Gasteiger partial charge >= 0.3 is 0 Å². The Bertz CT molecular complexity index is 420. The van der Waals surface area contributed by atoms with E-state index >= 15 is 0 Å². The van der Waals surface area contributed by atoms with Crippen molar-refractivity contribution in [2.45, 2.75) is 40.3 Å². The van der Waals surface area contributed by atoms with Crippen LogP contribution in [0.4, 0.5) is 0 Å². The van der Waals surface area contributed by atoms with Gasteiger partial charge in [-0.15, -0.1) is 0 Å². The van der Waals surface area contributed by atoms with E-state index in [0.717, 1.165) is 32.8 Å². The van der Waals surface area contributed by atoms with E-state index in [2.05, 4.69) is 4.90 Å². The second-order valence-electron chi connectivity index (χ2n) is 4.77. The second kappa shape index (κ2) is 8.12. The minimum atomic E-state index is 0.0747. The Kier molecular flexibility index (Phi) is 6.81. The molecule has 0 saturated carbocycles. The fourth-order valence-electron chi connectivity index (χ4n) is 2.06. The first-order valence-corrected chi connectivity index (χ1v) is 7.18. The minimum absolute atomic E-state index is 0.0747. The van der Waals surface area contributed by atoms with Crippen LogP contribution in [-0.4, -0.2) is 35.8 Å². The lowest BCUT2D eigenvalue weighted by Crippen LogP contribution is -2.36. The van der Waals surface area contributed by atoms with Crippen LogP contribution in [0.25, 0.3) is 0 Å². The summed E-state index contributed by atoms with van der Waals surface area (Å²) in [5.74, 6) is 0. The Morgan fingerprint density at radius 3 is 2.42 bits per heavy atom. The van der Waals surface area contributed by atoms with E-state index in [1.807, 2.05) is 40.0 Å². The van der Waals surface area contributed by atoms with Gasteiger partial charge in [-0.25, -0.2) is 0 Å². The maximum atomic E-state index is 11.6. The molecule has 19 heavy (non-hydrogen) atoms. The van der Waals surface area contributed by atoms with Crippen molar-refractivity contribution in [3.63, 3.8) is 0 Å². The largest absolute Gasteiger partial charge is 0.379 e. The van der Waals surface area contributed by atoms with Crippen LogP contribution in [0.1, 0.15) is 39.3 Å². The number of hydrogen-bond donors (Lipinski definition) is 0. The van der Waals surface area contributed by atoms with Crippen molar-refractivity contribution in [1.29, 1.82) is 0 Å². The van der Waals surface area contributed by atoms with Crippen LogP contribution < -0.4 is 5.56 Å². The van der Waals surface area contributed by atoms with Crippen molar-refractivity contribution in [2.75, 3.05) is 26.3 Å². The molecule has 0 bridgehead atoms. The molecule has 1 aliphatic rings. The third-order valence-corrected chi connectivity index (χ3v) is 3.07. The number of rotatable bonds is 3. The van der Waals surface area contributed by atoms with Gasteiger partial charge in [0, 0.05) is 37.9 Å². The van der Waals surface area contributed by atoms with E-state index in [1.54, 1.807) is 10.6 Å². The molecule has 4 nitrogen and oxygen atoms in total. The molecule has 0 atom stereocenters. The van der Waals surface area contributed by atoms with Crippen LogP contribution >= 0.6 is 0 Å². The first-order chi connectivity index (χ1) is 9.16. The number of hydrogen-bond acceptors (Lipinski definition) is 3. The molecule has 4 heteroatoms. The van der Waals surface area contributed by atoms with Gasteiger partial charge in [-0.1, -0.05) is 19.9 Å². The molecule has 1 fully saturated rings. The SMILES string of the molecule is CC.CC(C)n1cc(CN2CCOCC2)ccc1=O. The predicted octanol–water partition coefficient (Wildman–Crippen LogP) is 2.29. The molecule has 0 aromatic carbocycles. The third-order valence-electron chi connectivity index (χ3n) is 3.07. The van der Waals surface area contributed by atoms with Crippen molar-refractivity contribution >= 4 is 0 Å². The summed E-state index contributed by atoms with van der Waals surface area (Å²) in [7, 11) is 0. The molecular weight excluding hydrogens is 240 g/mol. The zero-order valence-corrected chi connectivity index (χ0v) is 12.6. The highest BCUT2D eigenvalue weighted by Gasteiger charge is 2.11. The topological polar surface area (TPSA) is 34.5 Å². The normalized spacial score (nSPS) is 16.1. The summed E-state index contributed by atoms with van der Waals surface area (Å²) in [6, 6.07) is 3.80. The molecule has 1 saturated heterocycles. The fraction of sp³-hybridized carbons (Fsp3) is 0.667. The molecule has 0 spiro atoms. The van der Waals surface area contributed by atoms with Crippen LogP contribution in [0.2, 0.25) is 0 Å². The maximum Gasteiger partial charge on any atom is 0.250 e. The molecule has 2 rings (SSSR count). The highest BCUT2D eigenvalue weighted by atomic mass is 16.5. The molecule has 0 aliphatic carbocycles. The van der Waals surface area contributed by atoms with E-state index in [-0.39, 0.29) is 11.6 Å². The lowest BCUT2D eigenvalue weighted by Gasteiger charge is -2.26. The summed E-state index contributed by atoms with van der Waals surface area (Å²) >= 11 is 0. The van der Waals surface area contributed by atoms with E-state index in [4.69, 9.17) is 4.74 Å². The Balaban J connectivity index is 0.000000861. The van der Waals surface area contributed by atoms with Crippen LogP contribution in [0.3, 0.4) is 0 Å². The summed E-state index contributed by atoms with van der Waals surface area (Å²) in [4.78, 5) is 14.0. The molecule has 0 radical (unpaired) electrons. The van der Waals surface area contributed by atoms with Crippen LogP contribution in [0.5, 0.6) is 0 Å². The van der Waals surface area contributed by atoms with Gasteiger partial charge in [0.2, 0.25) is 0 Å². The van der Waals surface area contributed by atoms with Gasteiger partial charge in [0.25, 0.3) is 5.56 Å². The van der Waals surface area contributed by atoms with Gasteiger partial charge in [-0.2, -0.15) is 0 Å². The first kappa shape index (κ1) is 15.9. The molecule has 108 valence electrons. The van der Waals surface area contributed by atoms with E-state index in [9.17, 15) is 4.79 Å². The van der Waals surface area contributed by atoms with Crippen molar-refractivity contribution in [3.8, 4) is 0 Å². The van der Waals surface area contributed by atoms with Gasteiger partial charge in [0.05, 0.1) is 13.2 Å². The number of nitrogens with zero attached hydrogens (tertiary/aromatic N) is 2. The molecule has 1 aromatic rings. The van der Waals surface area contributed by atoms with Crippen LogP contribution in [0, 0.1) is 0 Å². The number of morpholine rings is 1. The van der Waals surface area contributed by atoms with E-state index in [0.29, 0.717) is 0 Å². The number of aromatic nitrogens is 1. The van der Waals surface area contributed by atoms with Gasteiger partial charge in [0.1, 0.15) is 0 Å². The zero-order chi connectivity index (χ0) is 14.3. The van der Waals surface area contributed by atoms with Crippen LogP contribution in [0.15, 0.2) is 23.1 Å². The standard InChI is InChI=1S/C13H20N2O2.C2H6/c1-11(2)15-10-12(3-4-13(15)16)9-14-5-7-17-8-6-14;1-2/h3-4,10-11H,5-9H2,1-2H3;1-2H3. The molecule has 1 aromatic heterocycles. The zero-order valence-electron chi connectivity index (χ0n) is 12.6. The molecular formula is C15H26N2O2. The van der Waals surface area contributed by atoms with Gasteiger partial charge in [-0.05, 0) is 19.4 Å². The first-order valence-electron chi connectivity index (χ1n) is 7.18. The number of pyridine rings is 1. The van der Waals surface area contributed by atoms with Crippen LogP contribution in [-0.2, 0) is 11.3 Å². The average Bonchev–Trinajstić information content (AvgIpc) is 2.44. The molecule has 1 aliphatic heterocycles. The lowest BCUT2D eigenvalue weighted by molar-refractivity contribution is 0.0341. The van der Waals surface area contributed by atoms with Gasteiger partial charge in [0.15, 0.2) is 0 Å². The van der Waals surface area contributed by atoms with E-state index < -0.39 is 0 Å². The summed E-state index contributed by atoms with van der Waals surface area (Å²) in [6.45, 7) is 12.5. The summed E-state index contributed by atoms with van der Waals surface area (Å²) < 4.78 is 7.11. The Morgan fingerprint density at radius 1 is 1.21 bits per heavy atom. The maximum absolute atomic E-state index is 11.6. The van der Waals surface area contributed by atoms with Gasteiger partial charge in [-0.3, -0.25) is 9.69 Å². The lowest BCUT2D eigenvalue weighted by atomic mass is 10.2. The van der Waals surface area contributed by atoms with Crippen molar-refractivity contribution in [3.05, 3.63) is 34.2 Å². The quantitative estimate of drug-likeness (QED) is 0.842. The molecule has 0 unspecified atom stereocenters. The Labute approximate surface area is 116 Å². The summed E-state index contributed by atoms with van der Waals surface area (Å²) in [5.41, 5.74) is 1.27. The smallest absolute Gasteiger partial charge is 0.250 e. The summed E-state index contributed by atoms with van der Waals surface area (Å²) in [5, 5.41) is 0. The highest BCUT2D eigenvalue weighted by Crippen LogP contribution is 2.07. The van der Waals surface area contributed by atoms with E-state index in [1.165, 1.54) is 5.56 Å². The monoisotopic (exact) mass is 266 g/mol. The number of ether oxygens (including phenoxy) is 1. The minimum Gasteiger partial charge on any atom is -0.379 e. The molecule has 0 N–H and O–H groups in total. The second-order valence-corrected chi connectivity index (χ2v) is 4.77. The molecule has 2 heterocycles. The summed E-state index contributed by atoms with van der Waals surface area (Å²) in [6.07, 6.45) is 1.97. The van der Waals surface area contributed by atoms with Crippen molar-refractivity contribution < 1.29 is 4.74 Å². The third kappa shape index (κ3) is 4.80. The average molecular weight is 266 g/mol. The van der Waals surface area contributed by atoms with Crippen molar-refractivity contribution in [1.82, 2.24) is 9.47 Å². The highest BCUT2D eigenvalue weighted by molar-refractivity contribution is 5.10. The Hall–Kier alpha value is -1.13. The predicted molar refractivity (Wildman–Crippen MR) is 78.5 cm³/mol. The fourth-order valence-corrected chi connectivity index (χ4v) is 2.06.